The third-order valence-electron chi connectivity index (χ3n) is 1.85. The Kier molecular flexibility index (Phi) is 2.64. The number of carboxylic acid groups (broad SMARTS) is 1. The minimum absolute atomic E-state index is 0.0605. The summed E-state index contributed by atoms with van der Waals surface area (Å²) < 4.78 is 24.9. The number of aromatic carboxylic acids is 1. The fourth-order valence-corrected chi connectivity index (χ4v) is 1.07. The van der Waals surface area contributed by atoms with Gasteiger partial charge in [-0.15, -0.1) is 0 Å². The number of carboxylic acids is 1. The number of alkyl halides is 2. The van der Waals surface area contributed by atoms with Gasteiger partial charge in [-0.3, -0.25) is 0 Å². The number of rotatable bonds is 2. The van der Waals surface area contributed by atoms with E-state index in [1.807, 2.05) is 0 Å². The molecule has 0 bridgehead atoms. The minimum Gasteiger partial charge on any atom is -0.476 e. The van der Waals surface area contributed by atoms with Gasteiger partial charge >= 0.3 is 5.97 Å². The van der Waals surface area contributed by atoms with Crippen LogP contribution >= 0.6 is 0 Å². The first kappa shape index (κ1) is 10.4. The number of hydrogen-bond donors (Lipinski definition) is 2. The lowest BCUT2D eigenvalue weighted by Crippen LogP contribution is -2.10. The Labute approximate surface area is 78.4 Å². The van der Waals surface area contributed by atoms with Crippen LogP contribution in [0.3, 0.4) is 0 Å². The van der Waals surface area contributed by atoms with E-state index in [0.717, 1.165) is 6.20 Å². The van der Waals surface area contributed by atoms with E-state index >= 15 is 0 Å². The van der Waals surface area contributed by atoms with Gasteiger partial charge in [0, 0.05) is 0 Å². The molecule has 0 aliphatic carbocycles. The molecule has 0 aromatic carbocycles. The maximum Gasteiger partial charge on any atom is 0.355 e. The normalized spacial score (nSPS) is 10.6. The van der Waals surface area contributed by atoms with Crippen LogP contribution < -0.4 is 5.73 Å². The highest BCUT2D eigenvalue weighted by atomic mass is 19.3. The van der Waals surface area contributed by atoms with E-state index in [1.54, 1.807) is 0 Å². The molecule has 6 heteroatoms. The second kappa shape index (κ2) is 3.57. The molecule has 0 aliphatic heterocycles. The molecule has 0 atom stereocenters. The van der Waals surface area contributed by atoms with Crippen molar-refractivity contribution in [2.75, 3.05) is 5.73 Å². The minimum atomic E-state index is -2.89. The molecule has 0 saturated carbocycles. The van der Waals surface area contributed by atoms with Gasteiger partial charge in [-0.2, -0.15) is 0 Å². The third kappa shape index (κ3) is 1.63. The van der Waals surface area contributed by atoms with E-state index in [1.165, 1.54) is 6.92 Å². The Hall–Kier alpha value is -1.72. The first-order valence-corrected chi connectivity index (χ1v) is 3.71. The number of pyridine rings is 1. The zero-order valence-electron chi connectivity index (χ0n) is 7.29. The number of anilines is 1. The monoisotopic (exact) mass is 202 g/mol. The van der Waals surface area contributed by atoms with Crippen LogP contribution in [0.25, 0.3) is 0 Å². The zero-order valence-corrected chi connectivity index (χ0v) is 7.29. The van der Waals surface area contributed by atoms with Crippen molar-refractivity contribution in [2.45, 2.75) is 13.3 Å². The molecule has 0 fully saturated rings. The molecule has 1 rings (SSSR count). The number of halogens is 2. The number of nitrogens with two attached hydrogens (primary N) is 1. The Balaban J connectivity index is 3.45. The van der Waals surface area contributed by atoms with Crippen LogP contribution in [-0.4, -0.2) is 16.1 Å². The van der Waals surface area contributed by atoms with Gasteiger partial charge in [0.15, 0.2) is 5.69 Å². The lowest BCUT2D eigenvalue weighted by atomic mass is 10.1. The molecule has 0 radical (unpaired) electrons. The molecule has 4 nitrogen and oxygen atoms in total. The van der Waals surface area contributed by atoms with Gasteiger partial charge in [0.05, 0.1) is 17.4 Å². The predicted molar refractivity (Wildman–Crippen MR) is 45.3 cm³/mol. The number of nitrogens with zero attached hydrogens (tertiary/aromatic N) is 1. The van der Waals surface area contributed by atoms with Crippen molar-refractivity contribution in [3.05, 3.63) is 23.0 Å². The highest BCUT2D eigenvalue weighted by molar-refractivity contribution is 5.88. The summed E-state index contributed by atoms with van der Waals surface area (Å²) in [6.07, 6.45) is -1.83. The second-order valence-corrected chi connectivity index (χ2v) is 2.71. The smallest absolute Gasteiger partial charge is 0.355 e. The van der Waals surface area contributed by atoms with Crippen molar-refractivity contribution in [3.63, 3.8) is 0 Å². The van der Waals surface area contributed by atoms with Gasteiger partial charge in [0.1, 0.15) is 0 Å². The van der Waals surface area contributed by atoms with Gasteiger partial charge in [0.25, 0.3) is 6.43 Å². The van der Waals surface area contributed by atoms with Crippen molar-refractivity contribution in [1.82, 2.24) is 4.98 Å². The van der Waals surface area contributed by atoms with Gasteiger partial charge in [-0.25, -0.2) is 18.6 Å². The van der Waals surface area contributed by atoms with Gasteiger partial charge in [-0.1, -0.05) is 0 Å². The van der Waals surface area contributed by atoms with E-state index in [4.69, 9.17) is 10.8 Å². The van der Waals surface area contributed by atoms with Gasteiger partial charge < -0.3 is 10.8 Å². The standard InChI is InChI=1S/C8H8F2N2O2/c1-3-4(11)2-12-6(8(13)14)5(3)7(9)10/h2,7H,11H2,1H3,(H,13,14). The quantitative estimate of drug-likeness (QED) is 0.763. The maximum atomic E-state index is 12.5. The molecule has 0 spiro atoms. The van der Waals surface area contributed by atoms with Crippen LogP contribution in [0.4, 0.5) is 14.5 Å². The Morgan fingerprint density at radius 2 is 2.21 bits per heavy atom. The zero-order chi connectivity index (χ0) is 10.9. The van der Waals surface area contributed by atoms with Crippen molar-refractivity contribution in [2.24, 2.45) is 0 Å². The molecule has 14 heavy (non-hydrogen) atoms. The van der Waals surface area contributed by atoms with E-state index in [0.29, 0.717) is 0 Å². The first-order valence-electron chi connectivity index (χ1n) is 3.71. The second-order valence-electron chi connectivity index (χ2n) is 2.71. The average molecular weight is 202 g/mol. The van der Waals surface area contributed by atoms with E-state index in [2.05, 4.69) is 4.98 Å². The molecule has 1 heterocycles. The highest BCUT2D eigenvalue weighted by Gasteiger charge is 2.22. The Morgan fingerprint density at radius 3 is 2.64 bits per heavy atom. The fourth-order valence-electron chi connectivity index (χ4n) is 1.07. The van der Waals surface area contributed by atoms with Crippen molar-refractivity contribution >= 4 is 11.7 Å². The number of aromatic nitrogens is 1. The number of nitrogen functional groups attached to an aromatic ring is 1. The SMILES string of the molecule is Cc1c(N)cnc(C(=O)O)c1C(F)F. The summed E-state index contributed by atoms with van der Waals surface area (Å²) in [5.74, 6) is -1.48. The largest absolute Gasteiger partial charge is 0.476 e. The summed E-state index contributed by atoms with van der Waals surface area (Å²) in [6.45, 7) is 1.34. The first-order chi connectivity index (χ1) is 6.45. The Bertz CT molecular complexity index is 380. The van der Waals surface area contributed by atoms with Crippen LogP contribution in [0.1, 0.15) is 28.0 Å². The molecule has 76 valence electrons. The molecular weight excluding hydrogens is 194 g/mol. The number of hydrogen-bond acceptors (Lipinski definition) is 3. The van der Waals surface area contributed by atoms with Crippen LogP contribution in [0.2, 0.25) is 0 Å². The molecule has 1 aromatic rings. The molecule has 3 N–H and O–H groups in total. The van der Waals surface area contributed by atoms with Crippen molar-refractivity contribution in [3.8, 4) is 0 Å². The third-order valence-corrected chi connectivity index (χ3v) is 1.85. The summed E-state index contributed by atoms with van der Waals surface area (Å²) in [6, 6.07) is 0. The van der Waals surface area contributed by atoms with Crippen LogP contribution in [0.5, 0.6) is 0 Å². The topological polar surface area (TPSA) is 76.2 Å². The van der Waals surface area contributed by atoms with E-state index in [9.17, 15) is 13.6 Å². The maximum absolute atomic E-state index is 12.5. The van der Waals surface area contributed by atoms with Gasteiger partial charge in [0.2, 0.25) is 0 Å². The summed E-state index contributed by atoms with van der Waals surface area (Å²) in [4.78, 5) is 13.9. The van der Waals surface area contributed by atoms with Crippen LogP contribution in [-0.2, 0) is 0 Å². The average Bonchev–Trinajstić information content (AvgIpc) is 2.08. The van der Waals surface area contributed by atoms with Crippen molar-refractivity contribution in [1.29, 1.82) is 0 Å². The summed E-state index contributed by atoms with van der Waals surface area (Å²) in [7, 11) is 0. The van der Waals surface area contributed by atoms with Crippen LogP contribution in [0.15, 0.2) is 6.20 Å². The summed E-state index contributed by atoms with van der Waals surface area (Å²) in [5.41, 5.74) is 4.20. The lowest BCUT2D eigenvalue weighted by Gasteiger charge is -2.09. The van der Waals surface area contributed by atoms with E-state index in [-0.39, 0.29) is 11.3 Å². The summed E-state index contributed by atoms with van der Waals surface area (Å²) in [5, 5.41) is 8.59. The Morgan fingerprint density at radius 1 is 1.64 bits per heavy atom. The van der Waals surface area contributed by atoms with Crippen LogP contribution in [0, 0.1) is 6.92 Å². The lowest BCUT2D eigenvalue weighted by molar-refractivity contribution is 0.0677. The van der Waals surface area contributed by atoms with E-state index < -0.39 is 23.7 Å². The van der Waals surface area contributed by atoms with Gasteiger partial charge in [-0.05, 0) is 12.5 Å². The number of carbonyl (C=O) groups is 1. The molecule has 0 amide bonds. The van der Waals surface area contributed by atoms with Crippen molar-refractivity contribution < 1.29 is 18.7 Å². The molecule has 0 saturated heterocycles. The molecule has 1 aromatic heterocycles. The molecule has 0 unspecified atom stereocenters. The predicted octanol–water partition coefficient (Wildman–Crippen LogP) is 1.61. The summed E-state index contributed by atoms with van der Waals surface area (Å²) >= 11 is 0. The highest BCUT2D eigenvalue weighted by Crippen LogP contribution is 2.28. The fraction of sp³-hybridized carbons (Fsp3) is 0.250. The molecular formula is C8H8F2N2O2. The molecule has 0 aliphatic rings.